The van der Waals surface area contributed by atoms with E-state index < -0.39 is 0 Å². The molecular formula is C17H25N3O. The fourth-order valence-electron chi connectivity index (χ4n) is 3.53. The van der Waals surface area contributed by atoms with Crippen LogP contribution in [0.4, 0.5) is 5.69 Å². The van der Waals surface area contributed by atoms with Crippen LogP contribution in [0.25, 0.3) is 0 Å². The van der Waals surface area contributed by atoms with Crippen LogP contribution in [0.3, 0.4) is 0 Å². The molecule has 2 aliphatic rings. The van der Waals surface area contributed by atoms with Gasteiger partial charge in [0.15, 0.2) is 0 Å². The SMILES string of the molecule is CC1CN(C)CCC1NC1CCc2ccccc2NC1=O. The van der Waals surface area contributed by atoms with E-state index >= 15 is 0 Å². The highest BCUT2D eigenvalue weighted by Gasteiger charge is 2.30. The van der Waals surface area contributed by atoms with Crippen LogP contribution in [0, 0.1) is 5.92 Å². The number of fused-ring (bicyclic) bond motifs is 1. The van der Waals surface area contributed by atoms with Crippen LogP contribution in [0.15, 0.2) is 24.3 Å². The summed E-state index contributed by atoms with van der Waals surface area (Å²) in [7, 11) is 2.17. The lowest BCUT2D eigenvalue weighted by Gasteiger charge is -2.37. The van der Waals surface area contributed by atoms with E-state index in [4.69, 9.17) is 0 Å². The Morgan fingerprint density at radius 3 is 2.90 bits per heavy atom. The fourth-order valence-corrected chi connectivity index (χ4v) is 3.53. The van der Waals surface area contributed by atoms with E-state index in [9.17, 15) is 4.79 Å². The summed E-state index contributed by atoms with van der Waals surface area (Å²) < 4.78 is 0. The van der Waals surface area contributed by atoms with Crippen molar-refractivity contribution in [1.82, 2.24) is 10.2 Å². The van der Waals surface area contributed by atoms with Gasteiger partial charge in [-0.05, 0) is 50.4 Å². The van der Waals surface area contributed by atoms with Gasteiger partial charge in [0.1, 0.15) is 0 Å². The topological polar surface area (TPSA) is 44.4 Å². The highest BCUT2D eigenvalue weighted by Crippen LogP contribution is 2.23. The molecule has 1 saturated heterocycles. The number of carbonyl (C=O) groups is 1. The third kappa shape index (κ3) is 3.27. The summed E-state index contributed by atoms with van der Waals surface area (Å²) in [5.41, 5.74) is 2.22. The Labute approximate surface area is 126 Å². The lowest BCUT2D eigenvalue weighted by Crippen LogP contribution is -2.53. The van der Waals surface area contributed by atoms with Crippen molar-refractivity contribution >= 4 is 11.6 Å². The van der Waals surface area contributed by atoms with Gasteiger partial charge in [0.2, 0.25) is 5.91 Å². The summed E-state index contributed by atoms with van der Waals surface area (Å²) in [5.74, 6) is 0.702. The molecule has 1 fully saturated rings. The molecule has 0 aromatic heterocycles. The maximum absolute atomic E-state index is 12.4. The van der Waals surface area contributed by atoms with Crippen molar-refractivity contribution in [3.63, 3.8) is 0 Å². The molecule has 1 amide bonds. The number of amides is 1. The molecule has 114 valence electrons. The van der Waals surface area contributed by atoms with Crippen molar-refractivity contribution in [2.45, 2.75) is 38.3 Å². The van der Waals surface area contributed by atoms with Crippen LogP contribution >= 0.6 is 0 Å². The zero-order chi connectivity index (χ0) is 14.8. The third-order valence-corrected chi connectivity index (χ3v) is 4.82. The number of hydrogen-bond donors (Lipinski definition) is 2. The number of anilines is 1. The standard InChI is InChI=1S/C17H25N3O/c1-12-11-20(2)10-9-14(12)18-16-8-7-13-5-3-4-6-15(13)19-17(16)21/h3-6,12,14,16,18H,7-11H2,1-2H3,(H,19,21). The van der Waals surface area contributed by atoms with Crippen molar-refractivity contribution < 1.29 is 4.79 Å². The quantitative estimate of drug-likeness (QED) is 0.873. The smallest absolute Gasteiger partial charge is 0.241 e. The zero-order valence-electron chi connectivity index (χ0n) is 12.9. The predicted octanol–water partition coefficient (Wildman–Crippen LogP) is 1.87. The number of para-hydroxylation sites is 1. The first-order valence-corrected chi connectivity index (χ1v) is 7.97. The highest BCUT2D eigenvalue weighted by molar-refractivity contribution is 5.96. The number of nitrogens with one attached hydrogen (secondary N) is 2. The van der Waals surface area contributed by atoms with Crippen LogP contribution in [0.2, 0.25) is 0 Å². The Hall–Kier alpha value is -1.39. The second kappa shape index (κ2) is 6.16. The minimum atomic E-state index is -0.0757. The summed E-state index contributed by atoms with van der Waals surface area (Å²) in [6.07, 6.45) is 2.95. The number of nitrogens with zero attached hydrogens (tertiary/aromatic N) is 1. The minimum Gasteiger partial charge on any atom is -0.324 e. The zero-order valence-corrected chi connectivity index (χ0v) is 12.9. The molecule has 4 heteroatoms. The molecule has 2 aliphatic heterocycles. The van der Waals surface area contributed by atoms with Crippen LogP contribution in [0.1, 0.15) is 25.3 Å². The maximum atomic E-state index is 12.4. The lowest BCUT2D eigenvalue weighted by molar-refractivity contribution is -0.118. The summed E-state index contributed by atoms with van der Waals surface area (Å²) in [5, 5.41) is 6.69. The van der Waals surface area contributed by atoms with Gasteiger partial charge in [-0.1, -0.05) is 25.1 Å². The molecule has 2 heterocycles. The first-order valence-electron chi connectivity index (χ1n) is 7.97. The number of aryl methyl sites for hydroxylation is 1. The van der Waals surface area contributed by atoms with Gasteiger partial charge in [0, 0.05) is 18.3 Å². The van der Waals surface area contributed by atoms with Gasteiger partial charge in [-0.25, -0.2) is 0 Å². The van der Waals surface area contributed by atoms with Crippen LogP contribution in [-0.2, 0) is 11.2 Å². The number of rotatable bonds is 2. The van der Waals surface area contributed by atoms with Gasteiger partial charge in [0.25, 0.3) is 0 Å². The van der Waals surface area contributed by atoms with E-state index in [0.29, 0.717) is 12.0 Å². The molecule has 0 bridgehead atoms. The first kappa shape index (κ1) is 14.5. The van der Waals surface area contributed by atoms with E-state index in [1.54, 1.807) is 0 Å². The monoisotopic (exact) mass is 287 g/mol. The van der Waals surface area contributed by atoms with Gasteiger partial charge >= 0.3 is 0 Å². The normalized spacial score (nSPS) is 30.4. The maximum Gasteiger partial charge on any atom is 0.241 e. The van der Waals surface area contributed by atoms with Gasteiger partial charge in [-0.3, -0.25) is 4.79 Å². The number of benzene rings is 1. The second-order valence-electron chi connectivity index (χ2n) is 6.54. The van der Waals surface area contributed by atoms with Crippen molar-refractivity contribution in [1.29, 1.82) is 0 Å². The van der Waals surface area contributed by atoms with E-state index in [0.717, 1.165) is 38.0 Å². The van der Waals surface area contributed by atoms with Crippen molar-refractivity contribution in [2.75, 3.05) is 25.5 Å². The fraction of sp³-hybridized carbons (Fsp3) is 0.588. The second-order valence-corrected chi connectivity index (χ2v) is 6.54. The number of likely N-dealkylation sites (tertiary alicyclic amines) is 1. The molecule has 1 aromatic carbocycles. The van der Waals surface area contributed by atoms with Crippen molar-refractivity contribution in [3.05, 3.63) is 29.8 Å². The van der Waals surface area contributed by atoms with E-state index in [2.05, 4.69) is 35.6 Å². The largest absolute Gasteiger partial charge is 0.324 e. The molecule has 4 nitrogen and oxygen atoms in total. The summed E-state index contributed by atoms with van der Waals surface area (Å²) in [4.78, 5) is 14.8. The summed E-state index contributed by atoms with van der Waals surface area (Å²) in [6, 6.07) is 8.49. The van der Waals surface area contributed by atoms with E-state index in [-0.39, 0.29) is 11.9 Å². The summed E-state index contributed by atoms with van der Waals surface area (Å²) in [6.45, 7) is 4.49. The van der Waals surface area contributed by atoms with Crippen LogP contribution in [0.5, 0.6) is 0 Å². The van der Waals surface area contributed by atoms with Gasteiger partial charge in [0.05, 0.1) is 6.04 Å². The molecule has 0 spiro atoms. The molecule has 0 saturated carbocycles. The lowest BCUT2D eigenvalue weighted by atomic mass is 9.93. The third-order valence-electron chi connectivity index (χ3n) is 4.82. The van der Waals surface area contributed by atoms with Gasteiger partial charge in [-0.2, -0.15) is 0 Å². The van der Waals surface area contributed by atoms with Crippen LogP contribution in [-0.4, -0.2) is 43.0 Å². The van der Waals surface area contributed by atoms with Crippen LogP contribution < -0.4 is 10.6 Å². The van der Waals surface area contributed by atoms with Crippen molar-refractivity contribution in [3.8, 4) is 0 Å². The summed E-state index contributed by atoms with van der Waals surface area (Å²) >= 11 is 0. The molecule has 2 N–H and O–H groups in total. The molecule has 0 radical (unpaired) electrons. The average Bonchev–Trinajstić information content (AvgIpc) is 2.61. The predicted molar refractivity (Wildman–Crippen MR) is 85.4 cm³/mol. The number of hydrogen-bond acceptors (Lipinski definition) is 3. The first-order chi connectivity index (χ1) is 10.1. The van der Waals surface area contributed by atoms with Gasteiger partial charge < -0.3 is 15.5 Å². The molecule has 3 unspecified atom stereocenters. The van der Waals surface area contributed by atoms with Crippen molar-refractivity contribution in [2.24, 2.45) is 5.92 Å². The molecule has 1 aromatic rings. The molecular weight excluding hydrogens is 262 g/mol. The number of carbonyl (C=O) groups excluding carboxylic acids is 1. The molecule has 3 rings (SSSR count). The molecule has 0 aliphatic carbocycles. The molecule has 21 heavy (non-hydrogen) atoms. The van der Waals surface area contributed by atoms with E-state index in [1.807, 2.05) is 18.2 Å². The Balaban J connectivity index is 1.66. The molecule has 3 atom stereocenters. The number of piperidine rings is 1. The Morgan fingerprint density at radius 2 is 2.10 bits per heavy atom. The Morgan fingerprint density at radius 1 is 1.29 bits per heavy atom. The van der Waals surface area contributed by atoms with Gasteiger partial charge in [-0.15, -0.1) is 0 Å². The minimum absolute atomic E-state index is 0.0757. The van der Waals surface area contributed by atoms with E-state index in [1.165, 1.54) is 5.56 Å². The average molecular weight is 287 g/mol. The Kier molecular flexibility index (Phi) is 4.27. The Bertz CT molecular complexity index is 517. The highest BCUT2D eigenvalue weighted by atomic mass is 16.2.